The fourth-order valence-electron chi connectivity index (χ4n) is 1.81. The number of aromatic hydroxyl groups is 1. The fourth-order valence-corrected chi connectivity index (χ4v) is 1.98. The maximum Gasteiger partial charge on any atom is 0.277 e. The first-order valence-electron chi connectivity index (χ1n) is 6.94. The Bertz CT molecular complexity index is 811. The van der Waals surface area contributed by atoms with E-state index >= 15 is 0 Å². The van der Waals surface area contributed by atoms with Crippen LogP contribution in [0.15, 0.2) is 47.6 Å². The van der Waals surface area contributed by atoms with Gasteiger partial charge in [-0.05, 0) is 49.4 Å². The van der Waals surface area contributed by atoms with Crippen molar-refractivity contribution in [3.8, 4) is 17.6 Å². The van der Waals surface area contributed by atoms with Crippen molar-refractivity contribution in [3.63, 3.8) is 0 Å². The fraction of sp³-hybridized carbons (Fsp3) is 0.118. The highest BCUT2D eigenvalue weighted by molar-refractivity contribution is 6.31. The molecular formula is C17H14ClN3O3. The molecule has 0 heterocycles. The van der Waals surface area contributed by atoms with Crippen LogP contribution >= 0.6 is 11.6 Å². The molecule has 7 heteroatoms. The van der Waals surface area contributed by atoms with E-state index in [1.54, 1.807) is 43.3 Å². The molecule has 0 aliphatic rings. The van der Waals surface area contributed by atoms with Crippen LogP contribution in [0.3, 0.4) is 0 Å². The molecule has 2 aromatic carbocycles. The number of halogens is 1. The predicted molar refractivity (Wildman–Crippen MR) is 90.1 cm³/mol. The topological polar surface area (TPSA) is 94.7 Å². The SMILES string of the molecule is C/C(=N\NC(=O)COc1ccc(C#N)cc1)c1cc(Cl)ccc1O. The van der Waals surface area contributed by atoms with E-state index < -0.39 is 5.91 Å². The van der Waals surface area contributed by atoms with Crippen molar-refractivity contribution in [2.24, 2.45) is 5.10 Å². The Kier molecular flexibility index (Phi) is 5.77. The molecule has 2 N–H and O–H groups in total. The van der Waals surface area contributed by atoms with Crippen molar-refractivity contribution in [3.05, 3.63) is 58.6 Å². The molecule has 0 radical (unpaired) electrons. The van der Waals surface area contributed by atoms with Gasteiger partial charge in [0.15, 0.2) is 6.61 Å². The van der Waals surface area contributed by atoms with Crippen molar-refractivity contribution in [2.75, 3.05) is 6.61 Å². The number of hydrogen-bond donors (Lipinski definition) is 2. The van der Waals surface area contributed by atoms with Gasteiger partial charge in [-0.1, -0.05) is 11.6 Å². The lowest BCUT2D eigenvalue weighted by Gasteiger charge is -2.07. The smallest absolute Gasteiger partial charge is 0.277 e. The van der Waals surface area contributed by atoms with Crippen LogP contribution in [0.4, 0.5) is 0 Å². The van der Waals surface area contributed by atoms with E-state index in [9.17, 15) is 9.90 Å². The van der Waals surface area contributed by atoms with Gasteiger partial charge in [-0.2, -0.15) is 10.4 Å². The van der Waals surface area contributed by atoms with Gasteiger partial charge in [0.05, 0.1) is 17.3 Å². The first-order valence-corrected chi connectivity index (χ1v) is 7.32. The van der Waals surface area contributed by atoms with E-state index in [-0.39, 0.29) is 12.4 Å². The molecule has 0 spiro atoms. The third-order valence-electron chi connectivity index (χ3n) is 3.05. The molecule has 0 aromatic heterocycles. The number of phenolic OH excluding ortho intramolecular Hbond substituents is 1. The van der Waals surface area contributed by atoms with Crippen molar-refractivity contribution in [1.82, 2.24) is 5.43 Å². The summed E-state index contributed by atoms with van der Waals surface area (Å²) in [6.45, 7) is 1.40. The average molecular weight is 344 g/mol. The number of rotatable bonds is 5. The molecule has 0 bridgehead atoms. The van der Waals surface area contributed by atoms with Crippen molar-refractivity contribution in [2.45, 2.75) is 6.92 Å². The minimum atomic E-state index is -0.458. The van der Waals surface area contributed by atoms with Crippen LogP contribution in [-0.2, 0) is 4.79 Å². The van der Waals surface area contributed by atoms with Gasteiger partial charge in [-0.25, -0.2) is 5.43 Å². The van der Waals surface area contributed by atoms with E-state index in [0.29, 0.717) is 27.6 Å². The Balaban J connectivity index is 1.92. The normalized spacial score (nSPS) is 10.8. The maximum atomic E-state index is 11.7. The quantitative estimate of drug-likeness (QED) is 0.644. The standard InChI is InChI=1S/C17H14ClN3O3/c1-11(15-8-13(18)4-7-16(15)22)20-21-17(23)10-24-14-5-2-12(9-19)3-6-14/h2-8,22H,10H2,1H3,(H,21,23)/b20-11+. The van der Waals surface area contributed by atoms with E-state index in [2.05, 4.69) is 10.5 Å². The summed E-state index contributed by atoms with van der Waals surface area (Å²) in [6.07, 6.45) is 0. The Morgan fingerprint density at radius 3 is 2.71 bits per heavy atom. The molecule has 0 saturated carbocycles. The molecule has 0 aliphatic heterocycles. The minimum absolute atomic E-state index is 0.0173. The lowest BCUT2D eigenvalue weighted by molar-refractivity contribution is -0.123. The zero-order chi connectivity index (χ0) is 17.5. The number of nitriles is 1. The summed E-state index contributed by atoms with van der Waals surface area (Å²) in [7, 11) is 0. The number of hydrazone groups is 1. The molecule has 1 amide bonds. The van der Waals surface area contributed by atoms with Crippen LogP contribution in [0.2, 0.25) is 5.02 Å². The van der Waals surface area contributed by atoms with Gasteiger partial charge < -0.3 is 9.84 Å². The number of hydrogen-bond acceptors (Lipinski definition) is 5. The number of nitrogens with zero attached hydrogens (tertiary/aromatic N) is 2. The number of nitrogens with one attached hydrogen (secondary N) is 1. The Labute approximate surface area is 143 Å². The Hall–Kier alpha value is -3.04. The Morgan fingerprint density at radius 2 is 2.04 bits per heavy atom. The highest BCUT2D eigenvalue weighted by Crippen LogP contribution is 2.22. The molecule has 0 atom stereocenters. The summed E-state index contributed by atoms with van der Waals surface area (Å²) < 4.78 is 5.29. The van der Waals surface area contributed by atoms with Gasteiger partial charge in [0.2, 0.25) is 0 Å². The van der Waals surface area contributed by atoms with E-state index in [0.717, 1.165) is 0 Å². The summed E-state index contributed by atoms with van der Waals surface area (Å²) in [6, 6.07) is 12.9. The highest BCUT2D eigenvalue weighted by atomic mass is 35.5. The first-order chi connectivity index (χ1) is 11.5. The maximum absolute atomic E-state index is 11.7. The van der Waals surface area contributed by atoms with Crippen molar-refractivity contribution < 1.29 is 14.6 Å². The van der Waals surface area contributed by atoms with Crippen LogP contribution in [0, 0.1) is 11.3 Å². The van der Waals surface area contributed by atoms with Crippen LogP contribution in [-0.4, -0.2) is 23.3 Å². The zero-order valence-corrected chi connectivity index (χ0v) is 13.5. The van der Waals surface area contributed by atoms with Crippen molar-refractivity contribution >= 4 is 23.2 Å². The molecular weight excluding hydrogens is 330 g/mol. The molecule has 2 rings (SSSR count). The molecule has 0 unspecified atom stereocenters. The van der Waals surface area contributed by atoms with E-state index in [1.807, 2.05) is 6.07 Å². The predicted octanol–water partition coefficient (Wildman–Crippen LogP) is 2.84. The van der Waals surface area contributed by atoms with E-state index in [1.165, 1.54) is 6.07 Å². The molecule has 0 aliphatic carbocycles. The van der Waals surface area contributed by atoms with E-state index in [4.69, 9.17) is 21.6 Å². The van der Waals surface area contributed by atoms with Gasteiger partial charge in [-0.3, -0.25) is 4.79 Å². The van der Waals surface area contributed by atoms with Gasteiger partial charge >= 0.3 is 0 Å². The van der Waals surface area contributed by atoms with Crippen LogP contribution in [0.25, 0.3) is 0 Å². The highest BCUT2D eigenvalue weighted by Gasteiger charge is 2.07. The largest absolute Gasteiger partial charge is 0.507 e. The molecule has 122 valence electrons. The summed E-state index contributed by atoms with van der Waals surface area (Å²) in [5.74, 6) is 0.0290. The third kappa shape index (κ3) is 4.73. The second-order valence-electron chi connectivity index (χ2n) is 4.82. The lowest BCUT2D eigenvalue weighted by atomic mass is 10.1. The monoisotopic (exact) mass is 343 g/mol. The number of carbonyl (C=O) groups is 1. The van der Waals surface area contributed by atoms with Crippen LogP contribution < -0.4 is 10.2 Å². The van der Waals surface area contributed by atoms with Gasteiger partial charge in [0, 0.05) is 10.6 Å². The zero-order valence-electron chi connectivity index (χ0n) is 12.8. The van der Waals surface area contributed by atoms with Gasteiger partial charge in [0.1, 0.15) is 11.5 Å². The van der Waals surface area contributed by atoms with Crippen LogP contribution in [0.1, 0.15) is 18.1 Å². The molecule has 6 nitrogen and oxygen atoms in total. The lowest BCUT2D eigenvalue weighted by Crippen LogP contribution is -2.25. The summed E-state index contributed by atoms with van der Waals surface area (Å²) >= 11 is 5.87. The number of phenols is 1. The molecule has 0 fully saturated rings. The number of amides is 1. The summed E-state index contributed by atoms with van der Waals surface area (Å²) in [5, 5.41) is 22.8. The third-order valence-corrected chi connectivity index (χ3v) is 3.29. The Morgan fingerprint density at radius 1 is 1.33 bits per heavy atom. The first kappa shape index (κ1) is 17.3. The van der Waals surface area contributed by atoms with Crippen LogP contribution in [0.5, 0.6) is 11.5 Å². The number of benzene rings is 2. The van der Waals surface area contributed by atoms with Gasteiger partial charge in [-0.15, -0.1) is 0 Å². The molecule has 2 aromatic rings. The average Bonchev–Trinajstić information content (AvgIpc) is 2.60. The van der Waals surface area contributed by atoms with Gasteiger partial charge in [0.25, 0.3) is 5.91 Å². The summed E-state index contributed by atoms with van der Waals surface area (Å²) in [4.78, 5) is 11.7. The minimum Gasteiger partial charge on any atom is -0.507 e. The molecule has 0 saturated heterocycles. The summed E-state index contributed by atoms with van der Waals surface area (Å²) in [5.41, 5.74) is 3.68. The second-order valence-corrected chi connectivity index (χ2v) is 5.25. The number of ether oxygens (including phenoxy) is 1. The number of carbonyl (C=O) groups excluding carboxylic acids is 1. The van der Waals surface area contributed by atoms with Crippen molar-refractivity contribution in [1.29, 1.82) is 5.26 Å². The second kappa shape index (κ2) is 7.99. The molecule has 24 heavy (non-hydrogen) atoms.